The Morgan fingerprint density at radius 3 is 2.33 bits per heavy atom. The Bertz CT molecular complexity index is 865. The van der Waals surface area contributed by atoms with E-state index in [0.717, 1.165) is 44.1 Å². The molecule has 0 spiro atoms. The average molecular weight is 406 g/mol. The summed E-state index contributed by atoms with van der Waals surface area (Å²) in [5.41, 5.74) is 0.354. The zero-order chi connectivity index (χ0) is 19.5. The largest absolute Gasteiger partial charge is 0.348 e. The van der Waals surface area contributed by atoms with Crippen molar-refractivity contribution < 1.29 is 13.2 Å². The van der Waals surface area contributed by atoms with Crippen LogP contribution in [0.3, 0.4) is 0 Å². The highest BCUT2D eigenvalue weighted by Crippen LogP contribution is 2.41. The number of hydrogen-bond donors (Lipinski definition) is 1. The first kappa shape index (κ1) is 20.1. The lowest BCUT2D eigenvalue weighted by Gasteiger charge is -2.37. The SMILES string of the molecule is CC[C@@H](NC(=O)C1(c2ccc(S(C)(=O)=O)cc2)CCCCC1)c1cccs1. The summed E-state index contributed by atoms with van der Waals surface area (Å²) in [6, 6.07) is 11.0. The van der Waals surface area contributed by atoms with Gasteiger partial charge >= 0.3 is 0 Å². The van der Waals surface area contributed by atoms with Gasteiger partial charge in [0.05, 0.1) is 16.4 Å². The van der Waals surface area contributed by atoms with Crippen molar-refractivity contribution in [2.75, 3.05) is 6.26 Å². The normalized spacial score (nSPS) is 18.0. The number of carbonyl (C=O) groups excluding carboxylic acids is 1. The summed E-state index contributed by atoms with van der Waals surface area (Å²) in [5, 5.41) is 5.31. The molecule has 6 heteroatoms. The first-order valence-electron chi connectivity index (χ1n) is 9.52. The lowest BCUT2D eigenvalue weighted by molar-refractivity contribution is -0.128. The summed E-state index contributed by atoms with van der Waals surface area (Å²) >= 11 is 1.66. The molecule has 1 saturated carbocycles. The number of nitrogens with one attached hydrogen (secondary N) is 1. The number of rotatable bonds is 6. The van der Waals surface area contributed by atoms with Crippen molar-refractivity contribution in [1.82, 2.24) is 5.32 Å². The van der Waals surface area contributed by atoms with E-state index in [-0.39, 0.29) is 11.9 Å². The first-order valence-corrected chi connectivity index (χ1v) is 12.3. The van der Waals surface area contributed by atoms with Gasteiger partial charge in [-0.3, -0.25) is 4.79 Å². The van der Waals surface area contributed by atoms with E-state index in [1.165, 1.54) is 11.1 Å². The van der Waals surface area contributed by atoms with Crippen LogP contribution in [0.5, 0.6) is 0 Å². The molecule has 1 heterocycles. The molecule has 0 aliphatic heterocycles. The van der Waals surface area contributed by atoms with Gasteiger partial charge in [0.2, 0.25) is 5.91 Å². The molecule has 1 aliphatic rings. The smallest absolute Gasteiger partial charge is 0.231 e. The van der Waals surface area contributed by atoms with Gasteiger partial charge in [-0.25, -0.2) is 8.42 Å². The molecule has 1 fully saturated rings. The fourth-order valence-corrected chi connectivity index (χ4v) is 5.48. The number of carbonyl (C=O) groups is 1. The number of thiophene rings is 1. The second kappa shape index (κ2) is 8.15. The summed E-state index contributed by atoms with van der Waals surface area (Å²) in [5.74, 6) is 0.0644. The van der Waals surface area contributed by atoms with Crippen LogP contribution in [-0.4, -0.2) is 20.6 Å². The Morgan fingerprint density at radius 1 is 1.15 bits per heavy atom. The van der Waals surface area contributed by atoms with Crippen molar-refractivity contribution in [2.45, 2.75) is 61.8 Å². The number of hydrogen-bond acceptors (Lipinski definition) is 4. The van der Waals surface area contributed by atoms with Gasteiger partial charge < -0.3 is 5.32 Å². The molecule has 4 nitrogen and oxygen atoms in total. The summed E-state index contributed by atoms with van der Waals surface area (Å²) in [6.45, 7) is 2.08. The van der Waals surface area contributed by atoms with Crippen LogP contribution in [0.25, 0.3) is 0 Å². The predicted molar refractivity (Wildman–Crippen MR) is 110 cm³/mol. The molecule has 2 aromatic rings. The molecule has 27 heavy (non-hydrogen) atoms. The van der Waals surface area contributed by atoms with Gasteiger partial charge in [-0.2, -0.15) is 0 Å². The molecular formula is C21H27NO3S2. The topological polar surface area (TPSA) is 63.2 Å². The molecule has 1 aromatic carbocycles. The van der Waals surface area contributed by atoms with E-state index >= 15 is 0 Å². The average Bonchev–Trinajstić information content (AvgIpc) is 3.20. The quantitative estimate of drug-likeness (QED) is 0.763. The Labute approximate surface area is 165 Å². The minimum Gasteiger partial charge on any atom is -0.348 e. The van der Waals surface area contributed by atoms with Crippen molar-refractivity contribution in [1.29, 1.82) is 0 Å². The fourth-order valence-electron chi connectivity index (χ4n) is 3.98. The third-order valence-electron chi connectivity index (χ3n) is 5.58. The lowest BCUT2D eigenvalue weighted by Crippen LogP contribution is -2.46. The maximum absolute atomic E-state index is 13.4. The van der Waals surface area contributed by atoms with Gasteiger partial charge in [0.1, 0.15) is 0 Å². The van der Waals surface area contributed by atoms with Crippen LogP contribution >= 0.6 is 11.3 Å². The second-order valence-corrected chi connectivity index (χ2v) is 10.4. The standard InChI is InChI=1S/C21H27NO3S2/c1-3-18(19-8-7-15-26-19)22-20(23)21(13-5-4-6-14-21)16-9-11-17(12-10-16)27(2,24)25/h7-12,15,18H,3-6,13-14H2,1-2H3,(H,22,23)/t18-/m1/s1. The van der Waals surface area contributed by atoms with Crippen molar-refractivity contribution in [3.05, 3.63) is 52.2 Å². The molecule has 1 atom stereocenters. The molecular weight excluding hydrogens is 378 g/mol. The molecule has 1 amide bonds. The summed E-state index contributed by atoms with van der Waals surface area (Å²) in [4.78, 5) is 14.9. The van der Waals surface area contributed by atoms with E-state index in [4.69, 9.17) is 0 Å². The maximum Gasteiger partial charge on any atom is 0.231 e. The van der Waals surface area contributed by atoms with E-state index < -0.39 is 15.3 Å². The van der Waals surface area contributed by atoms with Crippen LogP contribution in [0.4, 0.5) is 0 Å². The molecule has 1 aromatic heterocycles. The van der Waals surface area contributed by atoms with Gasteiger partial charge in [0.15, 0.2) is 9.84 Å². The molecule has 0 radical (unpaired) electrons. The van der Waals surface area contributed by atoms with E-state index in [1.54, 1.807) is 23.5 Å². The van der Waals surface area contributed by atoms with E-state index in [9.17, 15) is 13.2 Å². The highest BCUT2D eigenvalue weighted by atomic mass is 32.2. The second-order valence-electron chi connectivity index (χ2n) is 7.39. The van der Waals surface area contributed by atoms with Gasteiger partial charge in [-0.15, -0.1) is 11.3 Å². The van der Waals surface area contributed by atoms with Crippen molar-refractivity contribution in [2.24, 2.45) is 0 Å². The summed E-state index contributed by atoms with van der Waals surface area (Å²) in [7, 11) is -3.24. The molecule has 3 rings (SSSR count). The van der Waals surface area contributed by atoms with Gasteiger partial charge in [-0.05, 0) is 48.4 Å². The molecule has 0 unspecified atom stereocenters. The van der Waals surface area contributed by atoms with Crippen LogP contribution < -0.4 is 5.32 Å². The zero-order valence-corrected chi connectivity index (χ0v) is 17.5. The van der Waals surface area contributed by atoms with Crippen molar-refractivity contribution in [3.8, 4) is 0 Å². The van der Waals surface area contributed by atoms with Crippen molar-refractivity contribution >= 4 is 27.1 Å². The number of amides is 1. The fraction of sp³-hybridized carbons (Fsp3) is 0.476. The molecule has 1 aliphatic carbocycles. The highest BCUT2D eigenvalue weighted by molar-refractivity contribution is 7.90. The Kier molecular flexibility index (Phi) is 6.06. The third-order valence-corrected chi connectivity index (χ3v) is 7.69. The summed E-state index contributed by atoms with van der Waals surface area (Å²) < 4.78 is 23.5. The van der Waals surface area contributed by atoms with Crippen LogP contribution in [0.15, 0.2) is 46.7 Å². The van der Waals surface area contributed by atoms with Crippen LogP contribution in [0.1, 0.15) is 61.9 Å². The Balaban J connectivity index is 1.91. The Morgan fingerprint density at radius 2 is 1.81 bits per heavy atom. The molecule has 0 saturated heterocycles. The number of benzene rings is 1. The van der Waals surface area contributed by atoms with Gasteiger partial charge in [-0.1, -0.05) is 44.4 Å². The predicted octanol–water partition coefficient (Wildman–Crippen LogP) is 4.62. The molecule has 0 bridgehead atoms. The lowest BCUT2D eigenvalue weighted by atomic mass is 9.68. The van der Waals surface area contributed by atoms with Crippen LogP contribution in [-0.2, 0) is 20.0 Å². The van der Waals surface area contributed by atoms with Crippen LogP contribution in [0, 0.1) is 0 Å². The molecule has 1 N–H and O–H groups in total. The van der Waals surface area contributed by atoms with Gasteiger partial charge in [0.25, 0.3) is 0 Å². The molecule has 146 valence electrons. The van der Waals surface area contributed by atoms with Gasteiger partial charge in [0, 0.05) is 11.1 Å². The first-order chi connectivity index (χ1) is 12.9. The van der Waals surface area contributed by atoms with Crippen molar-refractivity contribution in [3.63, 3.8) is 0 Å². The van der Waals surface area contributed by atoms with E-state index in [0.29, 0.717) is 4.90 Å². The third kappa shape index (κ3) is 4.27. The van der Waals surface area contributed by atoms with E-state index in [2.05, 4.69) is 18.3 Å². The maximum atomic E-state index is 13.4. The zero-order valence-electron chi connectivity index (χ0n) is 15.9. The minimum absolute atomic E-state index is 0.0200. The van der Waals surface area contributed by atoms with Crippen LogP contribution in [0.2, 0.25) is 0 Å². The summed E-state index contributed by atoms with van der Waals surface area (Å²) in [6.07, 6.45) is 6.82. The monoisotopic (exact) mass is 405 g/mol. The highest BCUT2D eigenvalue weighted by Gasteiger charge is 2.41. The minimum atomic E-state index is -3.24. The van der Waals surface area contributed by atoms with E-state index in [1.807, 2.05) is 23.6 Å². The number of sulfone groups is 1. The Hall–Kier alpha value is -1.66.